The summed E-state index contributed by atoms with van der Waals surface area (Å²) in [6, 6.07) is 14.0. The minimum absolute atomic E-state index is 0.240. The van der Waals surface area contributed by atoms with Gasteiger partial charge in [0.15, 0.2) is 0 Å². The number of carbonyl (C=O) groups excluding carboxylic acids is 1. The summed E-state index contributed by atoms with van der Waals surface area (Å²) in [5.74, 6) is 1.98. The Labute approximate surface area is 160 Å². The molecule has 5 nitrogen and oxygen atoms in total. The lowest BCUT2D eigenvalue weighted by atomic mass is 10.2. The van der Waals surface area contributed by atoms with E-state index in [2.05, 4.69) is 0 Å². The third-order valence-electron chi connectivity index (χ3n) is 5.67. The van der Waals surface area contributed by atoms with Crippen molar-refractivity contribution in [2.24, 2.45) is 0 Å². The molecule has 144 valence electrons. The fourth-order valence-corrected chi connectivity index (χ4v) is 4.06. The summed E-state index contributed by atoms with van der Waals surface area (Å²) in [4.78, 5) is 16.1. The number of hydrogen-bond donors (Lipinski definition) is 1. The number of aryl methyl sites for hydroxylation is 1. The Morgan fingerprint density at radius 2 is 1.93 bits per heavy atom. The molecule has 1 aromatic heterocycles. The molecule has 1 aromatic carbocycles. The SMILES string of the molecule is O=C(CCc1ccc(-c2ccccc2)o1)N1CC[NH+](C[C@H]2CCCO2)CC1. The Kier molecular flexibility index (Phi) is 5.90. The van der Waals surface area contributed by atoms with Gasteiger partial charge in [0, 0.05) is 25.0 Å². The molecule has 2 aliphatic heterocycles. The van der Waals surface area contributed by atoms with Gasteiger partial charge in [-0.1, -0.05) is 30.3 Å². The number of quaternary nitrogens is 1. The minimum Gasteiger partial charge on any atom is -0.461 e. The highest BCUT2D eigenvalue weighted by atomic mass is 16.5. The molecule has 1 atom stereocenters. The Morgan fingerprint density at radius 3 is 2.67 bits per heavy atom. The Balaban J connectivity index is 1.21. The molecule has 2 saturated heterocycles. The molecular weight excluding hydrogens is 340 g/mol. The summed E-state index contributed by atoms with van der Waals surface area (Å²) in [6.07, 6.45) is 4.00. The van der Waals surface area contributed by atoms with E-state index in [4.69, 9.17) is 9.15 Å². The molecule has 27 heavy (non-hydrogen) atoms. The van der Waals surface area contributed by atoms with Gasteiger partial charge in [-0.3, -0.25) is 4.79 Å². The van der Waals surface area contributed by atoms with Crippen LogP contribution in [0, 0.1) is 0 Å². The second kappa shape index (κ2) is 8.72. The first-order valence-electron chi connectivity index (χ1n) is 10.1. The fraction of sp³-hybridized carbons (Fsp3) is 0.500. The van der Waals surface area contributed by atoms with Gasteiger partial charge in [0.1, 0.15) is 24.2 Å². The number of nitrogens with zero attached hydrogens (tertiary/aromatic N) is 1. The standard InChI is InChI=1S/C22H28N2O3/c25-22(24-14-12-23(13-15-24)17-20-7-4-16-26-20)11-9-19-8-10-21(27-19)18-5-2-1-3-6-18/h1-3,5-6,8,10,20H,4,7,9,11-17H2/p+1/t20-/m1/s1. The first kappa shape index (κ1) is 18.3. The van der Waals surface area contributed by atoms with Crippen molar-refractivity contribution in [3.63, 3.8) is 0 Å². The molecule has 3 heterocycles. The summed E-state index contributed by atoms with van der Waals surface area (Å²) in [7, 11) is 0. The van der Waals surface area contributed by atoms with Gasteiger partial charge in [0.25, 0.3) is 0 Å². The monoisotopic (exact) mass is 369 g/mol. The molecule has 0 radical (unpaired) electrons. The van der Waals surface area contributed by atoms with Gasteiger partial charge in [-0.2, -0.15) is 0 Å². The molecule has 0 spiro atoms. The van der Waals surface area contributed by atoms with Gasteiger partial charge in [-0.05, 0) is 25.0 Å². The second-order valence-corrected chi connectivity index (χ2v) is 7.60. The van der Waals surface area contributed by atoms with Crippen molar-refractivity contribution in [1.82, 2.24) is 4.90 Å². The lowest BCUT2D eigenvalue weighted by Crippen LogP contribution is -3.15. The van der Waals surface area contributed by atoms with E-state index in [0.717, 1.165) is 56.4 Å². The van der Waals surface area contributed by atoms with Crippen LogP contribution in [0.1, 0.15) is 25.0 Å². The Hall–Kier alpha value is -2.11. The van der Waals surface area contributed by atoms with Crippen molar-refractivity contribution >= 4 is 5.91 Å². The molecule has 5 heteroatoms. The van der Waals surface area contributed by atoms with Gasteiger partial charge in [0.2, 0.25) is 5.91 Å². The van der Waals surface area contributed by atoms with Crippen LogP contribution in [0.3, 0.4) is 0 Å². The predicted octanol–water partition coefficient (Wildman–Crippen LogP) is 1.79. The van der Waals surface area contributed by atoms with Crippen molar-refractivity contribution in [1.29, 1.82) is 0 Å². The quantitative estimate of drug-likeness (QED) is 0.844. The van der Waals surface area contributed by atoms with Crippen LogP contribution in [0.5, 0.6) is 0 Å². The van der Waals surface area contributed by atoms with E-state index in [1.807, 2.05) is 47.4 Å². The fourth-order valence-electron chi connectivity index (χ4n) is 4.06. The Bertz CT molecular complexity index is 729. The van der Waals surface area contributed by atoms with Crippen molar-refractivity contribution in [3.8, 4) is 11.3 Å². The molecule has 4 rings (SSSR count). The van der Waals surface area contributed by atoms with Gasteiger partial charge < -0.3 is 19.0 Å². The Morgan fingerprint density at radius 1 is 1.11 bits per heavy atom. The number of benzene rings is 1. The summed E-state index contributed by atoms with van der Waals surface area (Å²) < 4.78 is 11.6. The summed E-state index contributed by atoms with van der Waals surface area (Å²) in [5.41, 5.74) is 1.07. The predicted molar refractivity (Wildman–Crippen MR) is 104 cm³/mol. The highest BCUT2D eigenvalue weighted by Crippen LogP contribution is 2.22. The van der Waals surface area contributed by atoms with Crippen LogP contribution in [0.4, 0.5) is 0 Å². The third kappa shape index (κ3) is 4.79. The molecule has 0 bridgehead atoms. The maximum atomic E-state index is 12.5. The number of nitrogens with one attached hydrogen (secondary N) is 1. The van der Waals surface area contributed by atoms with E-state index >= 15 is 0 Å². The van der Waals surface area contributed by atoms with Crippen LogP contribution < -0.4 is 4.90 Å². The summed E-state index contributed by atoms with van der Waals surface area (Å²) >= 11 is 0. The summed E-state index contributed by atoms with van der Waals surface area (Å²) in [6.45, 7) is 5.79. The smallest absolute Gasteiger partial charge is 0.223 e. The van der Waals surface area contributed by atoms with Gasteiger partial charge in [0.05, 0.1) is 26.2 Å². The van der Waals surface area contributed by atoms with Crippen LogP contribution in [0.15, 0.2) is 46.9 Å². The lowest BCUT2D eigenvalue weighted by Gasteiger charge is -2.33. The number of piperazine rings is 1. The average Bonchev–Trinajstić information content (AvgIpc) is 3.39. The highest BCUT2D eigenvalue weighted by molar-refractivity contribution is 5.76. The van der Waals surface area contributed by atoms with E-state index in [1.165, 1.54) is 12.8 Å². The van der Waals surface area contributed by atoms with Crippen LogP contribution >= 0.6 is 0 Å². The average molecular weight is 369 g/mol. The number of amides is 1. The van der Waals surface area contributed by atoms with E-state index in [1.54, 1.807) is 4.90 Å². The molecule has 2 aromatic rings. The zero-order chi connectivity index (χ0) is 18.5. The molecule has 0 unspecified atom stereocenters. The second-order valence-electron chi connectivity index (χ2n) is 7.60. The van der Waals surface area contributed by atoms with Crippen molar-refractivity contribution in [2.75, 3.05) is 39.3 Å². The topological polar surface area (TPSA) is 47.1 Å². The first-order chi connectivity index (χ1) is 13.3. The number of furan rings is 1. The van der Waals surface area contributed by atoms with Crippen LogP contribution in [0.2, 0.25) is 0 Å². The minimum atomic E-state index is 0.240. The molecule has 2 aliphatic rings. The number of ether oxygens (including phenoxy) is 1. The molecular formula is C22H29N2O3+. The molecule has 1 amide bonds. The lowest BCUT2D eigenvalue weighted by molar-refractivity contribution is -0.906. The van der Waals surface area contributed by atoms with Crippen LogP contribution in [0.25, 0.3) is 11.3 Å². The van der Waals surface area contributed by atoms with E-state index in [0.29, 0.717) is 18.9 Å². The van der Waals surface area contributed by atoms with Crippen LogP contribution in [-0.4, -0.2) is 56.2 Å². The number of carbonyl (C=O) groups is 1. The zero-order valence-corrected chi connectivity index (χ0v) is 15.9. The van der Waals surface area contributed by atoms with Crippen molar-refractivity contribution in [2.45, 2.75) is 31.8 Å². The van der Waals surface area contributed by atoms with E-state index < -0.39 is 0 Å². The maximum Gasteiger partial charge on any atom is 0.223 e. The third-order valence-corrected chi connectivity index (χ3v) is 5.67. The normalized spacial score (nSPS) is 20.9. The highest BCUT2D eigenvalue weighted by Gasteiger charge is 2.27. The van der Waals surface area contributed by atoms with Crippen LogP contribution in [-0.2, 0) is 16.0 Å². The van der Waals surface area contributed by atoms with Gasteiger partial charge in [-0.15, -0.1) is 0 Å². The van der Waals surface area contributed by atoms with E-state index in [9.17, 15) is 4.79 Å². The number of rotatable bonds is 6. The number of hydrogen-bond acceptors (Lipinski definition) is 3. The van der Waals surface area contributed by atoms with Gasteiger partial charge >= 0.3 is 0 Å². The maximum absolute atomic E-state index is 12.5. The van der Waals surface area contributed by atoms with Crippen molar-refractivity contribution in [3.05, 3.63) is 48.2 Å². The molecule has 1 N–H and O–H groups in total. The first-order valence-corrected chi connectivity index (χ1v) is 10.1. The van der Waals surface area contributed by atoms with Crippen molar-refractivity contribution < 1.29 is 18.8 Å². The molecule has 0 saturated carbocycles. The van der Waals surface area contributed by atoms with Gasteiger partial charge in [-0.25, -0.2) is 0 Å². The summed E-state index contributed by atoms with van der Waals surface area (Å²) in [5, 5.41) is 0. The largest absolute Gasteiger partial charge is 0.461 e. The molecule has 0 aliphatic carbocycles. The van der Waals surface area contributed by atoms with E-state index in [-0.39, 0.29) is 5.91 Å². The molecule has 2 fully saturated rings. The zero-order valence-electron chi connectivity index (χ0n) is 15.9.